The van der Waals surface area contributed by atoms with Crippen LogP contribution in [0.25, 0.3) is 0 Å². The van der Waals surface area contributed by atoms with Gasteiger partial charge in [0.15, 0.2) is 0 Å². The Hall–Kier alpha value is -0.780. The minimum Gasteiger partial charge on any atom is -0.0683 e. The van der Waals surface area contributed by atoms with E-state index in [2.05, 4.69) is 45.0 Å². The second kappa shape index (κ2) is 4.83. The van der Waals surface area contributed by atoms with Crippen LogP contribution in [0.2, 0.25) is 0 Å². The third-order valence-corrected chi connectivity index (χ3v) is 3.82. The molecule has 84 valence electrons. The second-order valence-electron chi connectivity index (χ2n) is 4.73. The molecular weight excluding hydrogens is 180 g/mol. The molecule has 0 nitrogen and oxygen atoms in total. The Morgan fingerprint density at radius 3 is 2.33 bits per heavy atom. The average molecular weight is 204 g/mol. The van der Waals surface area contributed by atoms with Crippen LogP contribution in [0.5, 0.6) is 0 Å². The Labute approximate surface area is 94.7 Å². The van der Waals surface area contributed by atoms with E-state index >= 15 is 0 Å². The van der Waals surface area contributed by atoms with E-state index in [4.69, 9.17) is 0 Å². The van der Waals surface area contributed by atoms with Crippen molar-refractivity contribution in [2.75, 3.05) is 0 Å². The fraction of sp³-hybridized carbons (Fsp3) is 0.600. The highest BCUT2D eigenvalue weighted by Gasteiger charge is 2.36. The van der Waals surface area contributed by atoms with Gasteiger partial charge >= 0.3 is 0 Å². The van der Waals surface area contributed by atoms with Crippen molar-refractivity contribution in [3.8, 4) is 0 Å². The maximum atomic E-state index is 2.41. The molecule has 1 unspecified atom stereocenters. The molecule has 1 aliphatic carbocycles. The van der Waals surface area contributed by atoms with Gasteiger partial charge in [-0.3, -0.25) is 0 Å². The van der Waals surface area contributed by atoms with Gasteiger partial charge in [-0.15, -0.1) is 0 Å². The van der Waals surface area contributed by atoms with Crippen molar-refractivity contribution in [2.45, 2.75) is 52.9 Å². The second-order valence-corrected chi connectivity index (χ2v) is 4.73. The summed E-state index contributed by atoms with van der Waals surface area (Å²) >= 11 is 0. The predicted octanol–water partition coefficient (Wildman–Crippen LogP) is 4.57. The van der Waals surface area contributed by atoms with Crippen LogP contribution in [0.4, 0.5) is 0 Å². The normalized spacial score (nSPS) is 23.3. The number of aryl methyl sites for hydroxylation is 1. The lowest BCUT2D eigenvalue weighted by atomic mass is 9.74. The highest BCUT2D eigenvalue weighted by atomic mass is 14.4. The molecule has 0 amide bonds. The summed E-state index contributed by atoms with van der Waals surface area (Å²) in [6, 6.07) is 8.92. The fourth-order valence-corrected chi connectivity index (χ4v) is 2.42. The van der Waals surface area contributed by atoms with Crippen molar-refractivity contribution >= 4 is 0 Å². The summed E-state index contributed by atoms with van der Waals surface area (Å²) in [6.07, 6.45) is 2.59. The molecule has 0 saturated carbocycles. The molecule has 2 rings (SSSR count). The molecule has 1 aromatic carbocycles. The zero-order valence-electron chi connectivity index (χ0n) is 10.8. The van der Waals surface area contributed by atoms with Crippen molar-refractivity contribution in [1.82, 2.24) is 0 Å². The minimum atomic E-state index is 0.427. The monoisotopic (exact) mass is 204 g/mol. The minimum absolute atomic E-state index is 0.427. The molecule has 1 aliphatic rings. The standard InChI is InChI=1S/C13H18.C2H6/c1-10(2)13(3)9-8-11-6-4-5-7-12(11)13;1-2/h4-7,10H,8-9H2,1-3H3;1-2H3. The van der Waals surface area contributed by atoms with Crippen LogP contribution in [-0.4, -0.2) is 0 Å². The number of hydrogen-bond acceptors (Lipinski definition) is 0. The molecule has 0 N–H and O–H groups in total. The van der Waals surface area contributed by atoms with Gasteiger partial charge in [0.05, 0.1) is 0 Å². The Morgan fingerprint density at radius 2 is 1.73 bits per heavy atom. The van der Waals surface area contributed by atoms with Crippen LogP contribution >= 0.6 is 0 Å². The number of benzene rings is 1. The molecule has 0 fully saturated rings. The van der Waals surface area contributed by atoms with Crippen LogP contribution in [0.3, 0.4) is 0 Å². The third-order valence-electron chi connectivity index (χ3n) is 3.82. The van der Waals surface area contributed by atoms with E-state index in [1.807, 2.05) is 13.8 Å². The van der Waals surface area contributed by atoms with Crippen molar-refractivity contribution < 1.29 is 0 Å². The fourth-order valence-electron chi connectivity index (χ4n) is 2.42. The van der Waals surface area contributed by atoms with Gasteiger partial charge in [0, 0.05) is 0 Å². The summed E-state index contributed by atoms with van der Waals surface area (Å²) in [4.78, 5) is 0. The number of hydrogen-bond donors (Lipinski definition) is 0. The highest BCUT2D eigenvalue weighted by Crippen LogP contribution is 2.43. The van der Waals surface area contributed by atoms with Gasteiger partial charge in [0.25, 0.3) is 0 Å². The van der Waals surface area contributed by atoms with Gasteiger partial charge in [-0.25, -0.2) is 0 Å². The zero-order valence-corrected chi connectivity index (χ0v) is 10.8. The summed E-state index contributed by atoms with van der Waals surface area (Å²) in [5.74, 6) is 0.746. The van der Waals surface area contributed by atoms with Crippen LogP contribution in [-0.2, 0) is 11.8 Å². The van der Waals surface area contributed by atoms with E-state index in [9.17, 15) is 0 Å². The van der Waals surface area contributed by atoms with Gasteiger partial charge in [0.1, 0.15) is 0 Å². The van der Waals surface area contributed by atoms with E-state index in [-0.39, 0.29) is 0 Å². The van der Waals surface area contributed by atoms with Gasteiger partial charge in [-0.1, -0.05) is 58.9 Å². The van der Waals surface area contributed by atoms with Crippen molar-refractivity contribution in [3.05, 3.63) is 35.4 Å². The average Bonchev–Trinajstić information content (AvgIpc) is 2.62. The van der Waals surface area contributed by atoms with E-state index in [0.29, 0.717) is 5.41 Å². The van der Waals surface area contributed by atoms with Crippen LogP contribution in [0, 0.1) is 5.92 Å². The lowest BCUT2D eigenvalue weighted by Gasteiger charge is -2.30. The van der Waals surface area contributed by atoms with Crippen LogP contribution < -0.4 is 0 Å². The lowest BCUT2D eigenvalue weighted by Crippen LogP contribution is -2.25. The summed E-state index contributed by atoms with van der Waals surface area (Å²) in [5.41, 5.74) is 3.58. The first-order valence-corrected chi connectivity index (χ1v) is 6.23. The first-order chi connectivity index (χ1) is 7.14. The Balaban J connectivity index is 0.000000531. The smallest absolute Gasteiger partial charge is 0.00464 e. The van der Waals surface area contributed by atoms with Crippen molar-refractivity contribution in [2.24, 2.45) is 5.92 Å². The molecule has 15 heavy (non-hydrogen) atoms. The van der Waals surface area contributed by atoms with E-state index < -0.39 is 0 Å². The number of rotatable bonds is 1. The molecule has 0 saturated heterocycles. The van der Waals surface area contributed by atoms with Crippen LogP contribution in [0.15, 0.2) is 24.3 Å². The summed E-state index contributed by atoms with van der Waals surface area (Å²) < 4.78 is 0. The predicted molar refractivity (Wildman–Crippen MR) is 68.3 cm³/mol. The summed E-state index contributed by atoms with van der Waals surface area (Å²) in [6.45, 7) is 11.1. The molecular formula is C15H24. The van der Waals surface area contributed by atoms with E-state index in [1.165, 1.54) is 12.8 Å². The van der Waals surface area contributed by atoms with E-state index in [0.717, 1.165) is 5.92 Å². The molecule has 0 heteroatoms. The number of fused-ring (bicyclic) bond motifs is 1. The van der Waals surface area contributed by atoms with Gasteiger partial charge in [-0.2, -0.15) is 0 Å². The van der Waals surface area contributed by atoms with Crippen molar-refractivity contribution in [3.63, 3.8) is 0 Å². The molecule has 0 heterocycles. The van der Waals surface area contributed by atoms with E-state index in [1.54, 1.807) is 11.1 Å². The maximum Gasteiger partial charge on any atom is -0.00464 e. The van der Waals surface area contributed by atoms with Crippen LogP contribution in [0.1, 0.15) is 52.2 Å². The first kappa shape index (κ1) is 12.3. The molecule has 0 bridgehead atoms. The zero-order chi connectivity index (χ0) is 11.5. The molecule has 1 atom stereocenters. The van der Waals surface area contributed by atoms with Gasteiger partial charge in [-0.05, 0) is 35.3 Å². The Morgan fingerprint density at radius 1 is 1.13 bits per heavy atom. The maximum absolute atomic E-state index is 2.41. The largest absolute Gasteiger partial charge is 0.0683 e. The first-order valence-electron chi connectivity index (χ1n) is 6.23. The van der Waals surface area contributed by atoms with Gasteiger partial charge < -0.3 is 0 Å². The quantitative estimate of drug-likeness (QED) is 0.628. The summed E-state index contributed by atoms with van der Waals surface area (Å²) in [7, 11) is 0. The molecule has 0 radical (unpaired) electrons. The molecule has 0 aromatic heterocycles. The topological polar surface area (TPSA) is 0 Å². The molecule has 1 aromatic rings. The highest BCUT2D eigenvalue weighted by molar-refractivity contribution is 5.39. The Bertz CT molecular complexity index is 312. The molecule has 0 aliphatic heterocycles. The Kier molecular flexibility index (Phi) is 3.96. The lowest BCUT2D eigenvalue weighted by molar-refractivity contribution is 0.337. The SMILES string of the molecule is CC.CC(C)C1(C)CCc2ccccc21. The molecule has 0 spiro atoms. The van der Waals surface area contributed by atoms with Gasteiger partial charge in [0.2, 0.25) is 0 Å². The van der Waals surface area contributed by atoms with Crippen molar-refractivity contribution in [1.29, 1.82) is 0 Å². The summed E-state index contributed by atoms with van der Waals surface area (Å²) in [5, 5.41) is 0. The third kappa shape index (κ3) is 2.09.